The Bertz CT molecular complexity index is 1020. The quantitative estimate of drug-likeness (QED) is 0.314. The Kier molecular flexibility index (Phi) is 9.81. The molecule has 0 radical (unpaired) electrons. The number of thiophene rings is 2. The van der Waals surface area contributed by atoms with Crippen LogP contribution in [0.3, 0.4) is 0 Å². The maximum absolute atomic E-state index is 8.83. The van der Waals surface area contributed by atoms with Gasteiger partial charge < -0.3 is 0 Å². The molecule has 28 heavy (non-hydrogen) atoms. The number of aromatic nitrogens is 2. The van der Waals surface area contributed by atoms with Crippen molar-refractivity contribution < 1.29 is 0 Å². The second-order valence-electron chi connectivity index (χ2n) is 5.00. The zero-order chi connectivity index (χ0) is 21.1. The summed E-state index contributed by atoms with van der Waals surface area (Å²) in [5.41, 5.74) is 1.53. The fourth-order valence-electron chi connectivity index (χ4n) is 2.37. The van der Waals surface area contributed by atoms with Crippen molar-refractivity contribution in [2.45, 2.75) is 41.5 Å². The molecule has 0 fully saturated rings. The summed E-state index contributed by atoms with van der Waals surface area (Å²) in [6.45, 7) is 11.9. The standard InChI is InChI=1S/2C9H6N2S.2C2H6/c2*1-6-8(5-10)7-3-2-4-11-9(7)12-6;2*1-2/h2*2-4H,1H3;2*1-2H3. The summed E-state index contributed by atoms with van der Waals surface area (Å²) in [5, 5.41) is 19.6. The first-order valence-corrected chi connectivity index (χ1v) is 10.8. The topological polar surface area (TPSA) is 73.4 Å². The van der Waals surface area contributed by atoms with Crippen LogP contribution in [-0.2, 0) is 0 Å². The van der Waals surface area contributed by atoms with E-state index in [2.05, 4.69) is 22.1 Å². The lowest BCUT2D eigenvalue weighted by molar-refractivity contribution is 1.44. The van der Waals surface area contributed by atoms with Crippen LogP contribution in [0.25, 0.3) is 20.4 Å². The van der Waals surface area contributed by atoms with E-state index in [0.29, 0.717) is 0 Å². The highest BCUT2D eigenvalue weighted by Crippen LogP contribution is 2.28. The second kappa shape index (κ2) is 11.8. The number of hydrogen-bond acceptors (Lipinski definition) is 6. The second-order valence-corrected chi connectivity index (χ2v) is 7.41. The predicted octanol–water partition coefficient (Wildman–Crippen LogP) is 7.01. The molecule has 0 saturated heterocycles. The molecule has 0 spiro atoms. The van der Waals surface area contributed by atoms with Gasteiger partial charge in [0, 0.05) is 32.9 Å². The van der Waals surface area contributed by atoms with Gasteiger partial charge in [0.2, 0.25) is 0 Å². The molecule has 6 heteroatoms. The smallest absolute Gasteiger partial charge is 0.124 e. The SMILES string of the molecule is CC.CC.Cc1sc2ncccc2c1C#N.Cc1sc2ncccc2c1C#N. The lowest BCUT2D eigenvalue weighted by atomic mass is 10.2. The van der Waals surface area contributed by atoms with Gasteiger partial charge in [-0.3, -0.25) is 0 Å². The Morgan fingerprint density at radius 3 is 1.39 bits per heavy atom. The molecule has 4 aromatic heterocycles. The van der Waals surface area contributed by atoms with Crippen LogP contribution in [0.2, 0.25) is 0 Å². The van der Waals surface area contributed by atoms with Crippen LogP contribution in [0, 0.1) is 36.5 Å². The molecule has 0 amide bonds. The van der Waals surface area contributed by atoms with Crippen LogP contribution in [0.15, 0.2) is 36.7 Å². The molecule has 4 rings (SSSR count). The zero-order valence-electron chi connectivity index (χ0n) is 17.1. The molecule has 0 unspecified atom stereocenters. The highest BCUT2D eigenvalue weighted by atomic mass is 32.1. The van der Waals surface area contributed by atoms with Gasteiger partial charge in [0.05, 0.1) is 11.1 Å². The number of hydrogen-bond donors (Lipinski definition) is 0. The zero-order valence-corrected chi connectivity index (χ0v) is 18.7. The van der Waals surface area contributed by atoms with Gasteiger partial charge in [-0.15, -0.1) is 22.7 Å². The van der Waals surface area contributed by atoms with Gasteiger partial charge in [-0.05, 0) is 38.1 Å². The Morgan fingerprint density at radius 1 is 0.714 bits per heavy atom. The fourth-order valence-corrected chi connectivity index (χ4v) is 4.26. The van der Waals surface area contributed by atoms with E-state index < -0.39 is 0 Å². The minimum atomic E-state index is 0.767. The summed E-state index contributed by atoms with van der Waals surface area (Å²) in [5.74, 6) is 0. The molecule has 0 bridgehead atoms. The molecule has 4 aromatic rings. The van der Waals surface area contributed by atoms with E-state index >= 15 is 0 Å². The number of aryl methyl sites for hydroxylation is 2. The van der Waals surface area contributed by atoms with Gasteiger partial charge in [0.1, 0.15) is 21.8 Å². The van der Waals surface area contributed by atoms with Crippen molar-refractivity contribution in [1.82, 2.24) is 9.97 Å². The van der Waals surface area contributed by atoms with Gasteiger partial charge in [-0.1, -0.05) is 27.7 Å². The maximum Gasteiger partial charge on any atom is 0.124 e. The molecule has 0 aromatic carbocycles. The Labute approximate surface area is 174 Å². The largest absolute Gasteiger partial charge is 0.245 e. The Morgan fingerprint density at radius 2 is 1.07 bits per heavy atom. The van der Waals surface area contributed by atoms with Gasteiger partial charge >= 0.3 is 0 Å². The molecule has 144 valence electrons. The van der Waals surface area contributed by atoms with Crippen LogP contribution in [0.5, 0.6) is 0 Å². The van der Waals surface area contributed by atoms with Crippen molar-refractivity contribution >= 4 is 43.1 Å². The number of pyridine rings is 2. The summed E-state index contributed by atoms with van der Waals surface area (Å²) < 4.78 is 0. The van der Waals surface area contributed by atoms with Crippen molar-refractivity contribution in [3.8, 4) is 12.1 Å². The minimum Gasteiger partial charge on any atom is -0.245 e. The third-order valence-electron chi connectivity index (χ3n) is 3.51. The summed E-state index contributed by atoms with van der Waals surface area (Å²) in [6.07, 6.45) is 3.50. The number of rotatable bonds is 0. The molecule has 0 atom stereocenters. The minimum absolute atomic E-state index is 0.767. The van der Waals surface area contributed by atoms with Crippen LogP contribution >= 0.6 is 22.7 Å². The third kappa shape index (κ3) is 5.13. The van der Waals surface area contributed by atoms with Gasteiger partial charge in [-0.25, -0.2) is 9.97 Å². The predicted molar refractivity (Wildman–Crippen MR) is 121 cm³/mol. The first kappa shape index (κ1) is 23.2. The average molecular weight is 409 g/mol. The normalized spacial score (nSPS) is 9.00. The molecule has 0 aliphatic carbocycles. The number of fused-ring (bicyclic) bond motifs is 2. The summed E-state index contributed by atoms with van der Waals surface area (Å²) in [6, 6.07) is 12.0. The lowest BCUT2D eigenvalue weighted by Crippen LogP contribution is -1.73. The van der Waals surface area contributed by atoms with Crippen molar-refractivity contribution in [1.29, 1.82) is 10.5 Å². The van der Waals surface area contributed by atoms with Crippen molar-refractivity contribution in [2.75, 3.05) is 0 Å². The first-order chi connectivity index (χ1) is 13.7. The van der Waals surface area contributed by atoms with Crippen LogP contribution in [0.4, 0.5) is 0 Å². The maximum atomic E-state index is 8.83. The van der Waals surface area contributed by atoms with E-state index in [4.69, 9.17) is 10.5 Å². The van der Waals surface area contributed by atoms with Gasteiger partial charge in [-0.2, -0.15) is 10.5 Å². The third-order valence-corrected chi connectivity index (χ3v) is 5.57. The van der Waals surface area contributed by atoms with Crippen molar-refractivity contribution in [3.05, 3.63) is 57.5 Å². The Balaban J connectivity index is 0.000000238. The fraction of sp³-hybridized carbons (Fsp3) is 0.273. The van der Waals surface area contributed by atoms with Crippen LogP contribution in [-0.4, -0.2) is 9.97 Å². The van der Waals surface area contributed by atoms with E-state index in [0.717, 1.165) is 41.3 Å². The van der Waals surface area contributed by atoms with E-state index in [1.807, 2.05) is 65.8 Å². The highest BCUT2D eigenvalue weighted by molar-refractivity contribution is 7.19. The van der Waals surface area contributed by atoms with Crippen LogP contribution in [0.1, 0.15) is 48.6 Å². The molecule has 0 aliphatic rings. The first-order valence-electron chi connectivity index (χ1n) is 9.14. The highest BCUT2D eigenvalue weighted by Gasteiger charge is 2.08. The summed E-state index contributed by atoms with van der Waals surface area (Å²) in [4.78, 5) is 12.4. The molecular formula is C22H24N4S2. The molecular weight excluding hydrogens is 384 g/mol. The van der Waals surface area contributed by atoms with E-state index in [9.17, 15) is 0 Å². The van der Waals surface area contributed by atoms with Crippen molar-refractivity contribution in [3.63, 3.8) is 0 Å². The summed E-state index contributed by atoms with van der Waals surface area (Å²) >= 11 is 3.14. The molecule has 4 nitrogen and oxygen atoms in total. The lowest BCUT2D eigenvalue weighted by Gasteiger charge is -1.85. The van der Waals surface area contributed by atoms with E-state index in [1.165, 1.54) is 0 Å². The summed E-state index contributed by atoms with van der Waals surface area (Å²) in [7, 11) is 0. The van der Waals surface area contributed by atoms with Gasteiger partial charge in [0.25, 0.3) is 0 Å². The monoisotopic (exact) mass is 408 g/mol. The molecule has 4 heterocycles. The number of nitrogens with zero attached hydrogens (tertiary/aromatic N) is 4. The van der Waals surface area contributed by atoms with E-state index in [-0.39, 0.29) is 0 Å². The molecule has 0 aliphatic heterocycles. The van der Waals surface area contributed by atoms with E-state index in [1.54, 1.807) is 35.1 Å². The molecule has 0 saturated carbocycles. The average Bonchev–Trinajstić information content (AvgIpc) is 3.25. The number of nitriles is 2. The van der Waals surface area contributed by atoms with Gasteiger partial charge in [0.15, 0.2) is 0 Å². The van der Waals surface area contributed by atoms with Crippen LogP contribution < -0.4 is 0 Å². The molecule has 0 N–H and O–H groups in total. The van der Waals surface area contributed by atoms with Crippen molar-refractivity contribution in [2.24, 2.45) is 0 Å². The Hall–Kier alpha value is -2.80.